The van der Waals surface area contributed by atoms with E-state index in [0.717, 1.165) is 29.6 Å². The SMILES string of the molecule is CCOC(=O)Cn1cc(C=[N+]2CCCC2)c2cc(Cl)ccc21.[Br-]. The second-order valence-electron chi connectivity index (χ2n) is 5.55. The first-order chi connectivity index (χ1) is 10.7. The van der Waals surface area contributed by atoms with E-state index in [2.05, 4.69) is 10.8 Å². The Morgan fingerprint density at radius 2 is 2.13 bits per heavy atom. The number of hydrogen-bond acceptors (Lipinski definition) is 2. The van der Waals surface area contributed by atoms with Crippen molar-refractivity contribution in [2.75, 3.05) is 19.7 Å². The molecule has 0 radical (unpaired) electrons. The summed E-state index contributed by atoms with van der Waals surface area (Å²) < 4.78 is 9.31. The number of benzene rings is 1. The van der Waals surface area contributed by atoms with Crippen molar-refractivity contribution in [1.29, 1.82) is 0 Å². The zero-order valence-electron chi connectivity index (χ0n) is 13.1. The van der Waals surface area contributed by atoms with Crippen molar-refractivity contribution in [3.05, 3.63) is 35.0 Å². The third-order valence-electron chi connectivity index (χ3n) is 3.94. The first-order valence-corrected chi connectivity index (χ1v) is 8.08. The molecule has 0 saturated carbocycles. The molecule has 0 atom stereocenters. The Kier molecular flexibility index (Phi) is 6.25. The third kappa shape index (κ3) is 4.15. The summed E-state index contributed by atoms with van der Waals surface area (Å²) in [6.07, 6.45) is 6.65. The highest BCUT2D eigenvalue weighted by Gasteiger charge is 2.16. The van der Waals surface area contributed by atoms with Gasteiger partial charge in [0.2, 0.25) is 0 Å². The number of hydrogen-bond donors (Lipinski definition) is 0. The van der Waals surface area contributed by atoms with Gasteiger partial charge >= 0.3 is 5.97 Å². The lowest BCUT2D eigenvalue weighted by molar-refractivity contribution is -0.500. The second-order valence-corrected chi connectivity index (χ2v) is 5.99. The van der Waals surface area contributed by atoms with Crippen LogP contribution in [0.4, 0.5) is 0 Å². The molecule has 1 aromatic carbocycles. The topological polar surface area (TPSA) is 34.2 Å². The molecule has 0 spiro atoms. The standard InChI is InChI=1S/C17H20ClN2O2.BrH/c1-2-22-17(21)12-20-11-13(10-19-7-3-4-8-19)15-9-14(18)5-6-16(15)20;/h5-6,9-11H,2-4,7-8,12H2,1H3;1H/q+1;/p-1. The van der Waals surface area contributed by atoms with E-state index in [9.17, 15) is 4.79 Å². The number of ether oxygens (including phenoxy) is 1. The molecule has 0 amide bonds. The number of esters is 1. The molecule has 0 bridgehead atoms. The molecule has 1 aliphatic heterocycles. The quantitative estimate of drug-likeness (QED) is 0.539. The van der Waals surface area contributed by atoms with Crippen molar-refractivity contribution < 1.29 is 31.1 Å². The number of aromatic nitrogens is 1. The first-order valence-electron chi connectivity index (χ1n) is 7.70. The molecule has 0 aliphatic carbocycles. The van der Waals surface area contributed by atoms with Crippen LogP contribution < -0.4 is 17.0 Å². The summed E-state index contributed by atoms with van der Waals surface area (Å²) in [5, 5.41) is 1.78. The van der Waals surface area contributed by atoms with Crippen LogP contribution in [0.5, 0.6) is 0 Å². The van der Waals surface area contributed by atoms with Crippen LogP contribution >= 0.6 is 11.6 Å². The van der Waals surface area contributed by atoms with Gasteiger partial charge in [0.25, 0.3) is 0 Å². The van der Waals surface area contributed by atoms with E-state index in [-0.39, 0.29) is 29.5 Å². The predicted molar refractivity (Wildman–Crippen MR) is 88.0 cm³/mol. The highest BCUT2D eigenvalue weighted by molar-refractivity contribution is 6.31. The van der Waals surface area contributed by atoms with Gasteiger partial charge in [-0.15, -0.1) is 0 Å². The van der Waals surface area contributed by atoms with Gasteiger partial charge in [-0.1, -0.05) is 11.6 Å². The number of halogens is 2. The van der Waals surface area contributed by atoms with Gasteiger partial charge in [-0.2, -0.15) is 0 Å². The molecule has 6 heteroatoms. The lowest BCUT2D eigenvalue weighted by Crippen LogP contribution is -3.00. The summed E-state index contributed by atoms with van der Waals surface area (Å²) in [5.74, 6) is -0.220. The van der Waals surface area contributed by atoms with E-state index in [1.807, 2.05) is 35.9 Å². The van der Waals surface area contributed by atoms with Gasteiger partial charge < -0.3 is 26.3 Å². The summed E-state index contributed by atoms with van der Waals surface area (Å²) >= 11 is 6.14. The van der Waals surface area contributed by atoms with E-state index in [1.165, 1.54) is 12.8 Å². The van der Waals surface area contributed by atoms with E-state index in [4.69, 9.17) is 16.3 Å². The molecular weight excluding hydrogens is 380 g/mol. The highest BCUT2D eigenvalue weighted by atomic mass is 79.9. The maximum absolute atomic E-state index is 11.8. The Bertz CT molecular complexity index is 732. The van der Waals surface area contributed by atoms with Crippen LogP contribution in [0, 0.1) is 0 Å². The summed E-state index contributed by atoms with van der Waals surface area (Å²) in [7, 11) is 0. The van der Waals surface area contributed by atoms with E-state index < -0.39 is 0 Å². The van der Waals surface area contributed by atoms with Crippen LogP contribution in [0.1, 0.15) is 25.3 Å². The van der Waals surface area contributed by atoms with E-state index >= 15 is 0 Å². The Hall–Kier alpha value is -1.33. The van der Waals surface area contributed by atoms with Crippen molar-refractivity contribution >= 4 is 34.7 Å². The molecule has 2 heterocycles. The average Bonchev–Trinajstić information content (AvgIpc) is 3.09. The van der Waals surface area contributed by atoms with Gasteiger partial charge in [0.05, 0.1) is 12.2 Å². The molecule has 1 aromatic heterocycles. The van der Waals surface area contributed by atoms with Crippen LogP contribution in [0.15, 0.2) is 24.4 Å². The van der Waals surface area contributed by atoms with E-state index in [0.29, 0.717) is 11.6 Å². The summed E-state index contributed by atoms with van der Waals surface area (Å²) in [5.41, 5.74) is 2.10. The van der Waals surface area contributed by atoms with Gasteiger partial charge in [-0.05, 0) is 25.1 Å². The number of carbonyl (C=O) groups is 1. The Morgan fingerprint density at radius 3 is 2.83 bits per heavy atom. The smallest absolute Gasteiger partial charge is 0.325 e. The fourth-order valence-electron chi connectivity index (χ4n) is 2.94. The monoisotopic (exact) mass is 398 g/mol. The zero-order valence-corrected chi connectivity index (χ0v) is 15.4. The second kappa shape index (κ2) is 7.97. The van der Waals surface area contributed by atoms with Crippen molar-refractivity contribution in [2.24, 2.45) is 0 Å². The molecule has 1 aliphatic rings. The summed E-state index contributed by atoms with van der Waals surface area (Å²) in [6, 6.07) is 5.77. The number of carbonyl (C=O) groups excluding carboxylic acids is 1. The van der Waals surface area contributed by atoms with Crippen LogP contribution in [0.3, 0.4) is 0 Å². The molecule has 124 valence electrons. The van der Waals surface area contributed by atoms with Gasteiger partial charge in [0.15, 0.2) is 6.21 Å². The van der Waals surface area contributed by atoms with Gasteiger partial charge in [0.1, 0.15) is 19.6 Å². The van der Waals surface area contributed by atoms with Crippen LogP contribution in [-0.4, -0.2) is 41.0 Å². The largest absolute Gasteiger partial charge is 1.00 e. The van der Waals surface area contributed by atoms with Crippen molar-refractivity contribution in [2.45, 2.75) is 26.3 Å². The molecule has 4 nitrogen and oxygen atoms in total. The minimum atomic E-state index is -0.220. The normalized spacial score (nSPS) is 13.9. The molecule has 3 rings (SSSR count). The third-order valence-corrected chi connectivity index (χ3v) is 4.18. The Balaban J connectivity index is 0.00000192. The maximum Gasteiger partial charge on any atom is 0.325 e. The minimum Gasteiger partial charge on any atom is -1.00 e. The molecule has 0 N–H and O–H groups in total. The lowest BCUT2D eigenvalue weighted by Gasteiger charge is -2.04. The van der Waals surface area contributed by atoms with Crippen molar-refractivity contribution in [1.82, 2.24) is 4.57 Å². The van der Waals surface area contributed by atoms with Gasteiger partial charge in [-0.25, -0.2) is 4.58 Å². The van der Waals surface area contributed by atoms with Crippen LogP contribution in [0.25, 0.3) is 10.9 Å². The number of nitrogens with zero attached hydrogens (tertiary/aromatic N) is 2. The molecule has 1 saturated heterocycles. The fourth-order valence-corrected chi connectivity index (χ4v) is 3.12. The Morgan fingerprint density at radius 1 is 1.39 bits per heavy atom. The molecular formula is C17H20BrClN2O2. The van der Waals surface area contributed by atoms with Gasteiger partial charge in [-0.3, -0.25) is 4.79 Å². The summed E-state index contributed by atoms with van der Waals surface area (Å²) in [4.78, 5) is 11.8. The van der Waals surface area contributed by atoms with Crippen LogP contribution in [0.2, 0.25) is 5.02 Å². The van der Waals surface area contributed by atoms with Crippen LogP contribution in [-0.2, 0) is 16.1 Å². The van der Waals surface area contributed by atoms with Crippen molar-refractivity contribution in [3.8, 4) is 0 Å². The number of fused-ring (bicyclic) bond motifs is 1. The Labute approximate surface area is 151 Å². The first kappa shape index (κ1) is 18.0. The lowest BCUT2D eigenvalue weighted by atomic mass is 10.2. The molecule has 1 fully saturated rings. The molecule has 23 heavy (non-hydrogen) atoms. The zero-order chi connectivity index (χ0) is 15.5. The fraction of sp³-hybridized carbons (Fsp3) is 0.412. The predicted octanol–water partition coefficient (Wildman–Crippen LogP) is 0.0870. The molecule has 2 aromatic rings. The maximum atomic E-state index is 11.8. The van der Waals surface area contributed by atoms with Crippen molar-refractivity contribution in [3.63, 3.8) is 0 Å². The molecule has 0 unspecified atom stereocenters. The van der Waals surface area contributed by atoms with E-state index in [1.54, 1.807) is 0 Å². The highest BCUT2D eigenvalue weighted by Crippen LogP contribution is 2.24. The average molecular weight is 400 g/mol. The van der Waals surface area contributed by atoms with Gasteiger partial charge in [0, 0.05) is 35.0 Å². The minimum absolute atomic E-state index is 0. The number of rotatable bonds is 4. The summed E-state index contributed by atoms with van der Waals surface area (Å²) in [6.45, 7) is 4.62.